The number of halogens is 1. The third kappa shape index (κ3) is 8.40. The summed E-state index contributed by atoms with van der Waals surface area (Å²) >= 11 is 4.73. The summed E-state index contributed by atoms with van der Waals surface area (Å²) in [6.45, 7) is 5.77. The fraction of sp³-hybridized carbons (Fsp3) is 0.350. The number of nitrogens with zero attached hydrogens (tertiary/aromatic N) is 2. The van der Waals surface area contributed by atoms with Crippen molar-refractivity contribution in [2.24, 2.45) is 10.2 Å². The molecule has 0 aliphatic carbocycles. The number of hydrogen-bond acceptors (Lipinski definition) is 7. The molecule has 0 saturated heterocycles. The van der Waals surface area contributed by atoms with Crippen LogP contribution in [0.3, 0.4) is 0 Å². The van der Waals surface area contributed by atoms with Gasteiger partial charge in [0, 0.05) is 32.6 Å². The van der Waals surface area contributed by atoms with Gasteiger partial charge in [-0.05, 0) is 74.6 Å². The molecule has 0 fully saturated rings. The molecule has 2 N–H and O–H groups in total. The van der Waals surface area contributed by atoms with Gasteiger partial charge >= 0.3 is 22.9 Å². The van der Waals surface area contributed by atoms with Gasteiger partial charge in [0.15, 0.2) is 0 Å². The van der Waals surface area contributed by atoms with Crippen molar-refractivity contribution in [3.63, 3.8) is 0 Å². The van der Waals surface area contributed by atoms with Gasteiger partial charge in [-0.25, -0.2) is 4.57 Å². The van der Waals surface area contributed by atoms with Crippen molar-refractivity contribution in [3.8, 4) is 0 Å². The number of aryl methyl sites for hydroxylation is 2. The molecule has 32 heavy (non-hydrogen) atoms. The Morgan fingerprint density at radius 3 is 2.34 bits per heavy atom. The normalized spacial score (nSPS) is 15.3. The zero-order chi connectivity index (χ0) is 23.9. The van der Waals surface area contributed by atoms with Crippen LogP contribution in [0.1, 0.15) is 28.4 Å². The summed E-state index contributed by atoms with van der Waals surface area (Å²) in [6.07, 6.45) is -2.58. The van der Waals surface area contributed by atoms with Crippen molar-refractivity contribution in [2.75, 3.05) is 12.9 Å². The smallest absolute Gasteiger partial charge is 0.410 e. The highest BCUT2D eigenvalue weighted by Crippen LogP contribution is 2.51. The molecule has 172 valence electrons. The lowest BCUT2D eigenvalue weighted by molar-refractivity contribution is 0.0824. The lowest BCUT2D eigenvalue weighted by atomic mass is 10.1. The minimum Gasteiger partial charge on any atom is -0.504 e. The van der Waals surface area contributed by atoms with Crippen molar-refractivity contribution in [1.29, 1.82) is 0 Å². The summed E-state index contributed by atoms with van der Waals surface area (Å²) in [7, 11) is 0. The number of thioether (sulfide) groups is 1. The van der Waals surface area contributed by atoms with E-state index in [9.17, 15) is 14.3 Å². The topological polar surface area (TPSA) is 110 Å². The predicted octanol–water partition coefficient (Wildman–Crippen LogP) is 5.00. The summed E-state index contributed by atoms with van der Waals surface area (Å²) in [5.41, 5.74) is 3.96. The Morgan fingerprint density at radius 2 is 1.84 bits per heavy atom. The summed E-state index contributed by atoms with van der Waals surface area (Å²) in [5.74, 6) is -0.352. The third-order valence-corrected chi connectivity index (χ3v) is 6.76. The average Bonchev–Trinajstić information content (AvgIpc) is 2.71. The Morgan fingerprint density at radius 1 is 1.25 bits per heavy atom. The van der Waals surface area contributed by atoms with Gasteiger partial charge in [0.2, 0.25) is 0 Å². The quantitative estimate of drug-likeness (QED) is 0.184. The summed E-state index contributed by atoms with van der Waals surface area (Å²) in [6, 6.07) is 10.3. The molecule has 12 heteroatoms. The molecule has 0 bridgehead atoms. The first-order chi connectivity index (χ1) is 15.0. The van der Waals surface area contributed by atoms with Gasteiger partial charge < -0.3 is 14.0 Å². The molecule has 0 aliphatic rings. The van der Waals surface area contributed by atoms with E-state index in [2.05, 4.69) is 43.2 Å². The Balaban J connectivity index is 2.10. The standard InChI is InChI=1S/C20H24BrN3O5PS.Al.2H/c1-12-9-17(31-4)10-13(2)19(12)24-23-16-7-5-15(6-8-16)20(26)22-18(11-25)14(3)29-30(21,27)28;;;/h5-10,14,18H,11H2,1-4H3,(H,22,26)(H,27,28);;;/q-1;+1;;/t14-,18-;;;/m0.../s1. The molecule has 0 aromatic heterocycles. The van der Waals surface area contributed by atoms with E-state index in [1.54, 1.807) is 43.0 Å². The molecular weight excluding hydrogens is 532 g/mol. The van der Waals surface area contributed by atoms with Gasteiger partial charge in [0.05, 0.1) is 23.5 Å². The minimum absolute atomic E-state index is 0.173. The molecule has 2 aromatic rings. The zero-order valence-electron chi connectivity index (χ0n) is 18.5. The van der Waals surface area contributed by atoms with Crippen LogP contribution >= 0.6 is 33.5 Å². The summed E-state index contributed by atoms with van der Waals surface area (Å²) in [5, 5.41) is 11.5. The van der Waals surface area contributed by atoms with Crippen molar-refractivity contribution < 1.29 is 22.6 Å². The second-order valence-corrected chi connectivity index (χ2v) is 12.4. The largest absolute Gasteiger partial charge is 0.504 e. The number of amides is 1. The average molecular weight is 558 g/mol. The predicted molar refractivity (Wildman–Crippen MR) is 133 cm³/mol. The summed E-state index contributed by atoms with van der Waals surface area (Å²) in [4.78, 5) is 23.2. The highest BCUT2D eigenvalue weighted by atomic mass is 79.9. The zero-order valence-corrected chi connectivity index (χ0v) is 23.8. The van der Waals surface area contributed by atoms with E-state index in [1.807, 2.05) is 20.1 Å². The van der Waals surface area contributed by atoms with E-state index >= 15 is 0 Å². The van der Waals surface area contributed by atoms with Gasteiger partial charge in [-0.3, -0.25) is 9.32 Å². The Kier molecular flexibility index (Phi) is 10.6. The molecular formula is C20H26AlBrN3O5PS. The maximum Gasteiger partial charge on any atom is 0.410 e. The molecule has 3 atom stereocenters. The van der Waals surface area contributed by atoms with Crippen LogP contribution in [0.2, 0.25) is 0 Å². The van der Waals surface area contributed by atoms with Gasteiger partial charge in [-0.15, -0.1) is 11.8 Å². The van der Waals surface area contributed by atoms with E-state index in [1.165, 1.54) is 4.90 Å². The SMILES string of the molecule is CSc1cc(C)c(N=Nc2ccc(C(=O)N[C@@H](C[O][AlH2])[C@H](C)OP(=O)(O)Br)cc2)c(C)c1. The van der Waals surface area contributed by atoms with Crippen molar-refractivity contribution >= 4 is 67.5 Å². The fourth-order valence-electron chi connectivity index (χ4n) is 2.98. The molecule has 0 heterocycles. The van der Waals surface area contributed by atoms with Crippen LogP contribution in [-0.4, -0.2) is 52.4 Å². The third-order valence-electron chi connectivity index (χ3n) is 4.62. The number of hydrogen-bond donors (Lipinski definition) is 2. The van der Waals surface area contributed by atoms with Gasteiger partial charge in [0.25, 0.3) is 5.91 Å². The Hall–Kier alpha value is -1.02. The molecule has 0 aliphatic heterocycles. The van der Waals surface area contributed by atoms with E-state index in [4.69, 9.17) is 8.31 Å². The van der Waals surface area contributed by atoms with Gasteiger partial charge in [-0.2, -0.15) is 10.2 Å². The molecule has 0 saturated carbocycles. The van der Waals surface area contributed by atoms with E-state index in [0.717, 1.165) is 16.8 Å². The van der Waals surface area contributed by atoms with Crippen LogP contribution in [0.5, 0.6) is 0 Å². The van der Waals surface area contributed by atoms with Crippen molar-refractivity contribution in [2.45, 2.75) is 37.8 Å². The van der Waals surface area contributed by atoms with E-state index in [0.29, 0.717) is 27.9 Å². The van der Waals surface area contributed by atoms with E-state index in [-0.39, 0.29) is 12.5 Å². The second-order valence-electron chi connectivity index (χ2n) is 7.15. The monoisotopic (exact) mass is 557 g/mol. The highest BCUT2D eigenvalue weighted by molar-refractivity contribution is 9.39. The maximum atomic E-state index is 12.6. The number of carbonyl (C=O) groups is 1. The number of benzene rings is 2. The lowest BCUT2D eigenvalue weighted by Gasteiger charge is -2.25. The van der Waals surface area contributed by atoms with E-state index < -0.39 is 18.4 Å². The number of carbonyl (C=O) groups excluding carboxylic acids is 1. The number of rotatable bonds is 10. The highest BCUT2D eigenvalue weighted by Gasteiger charge is 2.26. The number of azo groups is 1. The van der Waals surface area contributed by atoms with Gasteiger partial charge in [-0.1, -0.05) is 0 Å². The van der Waals surface area contributed by atoms with Crippen LogP contribution in [-0.2, 0) is 12.9 Å². The van der Waals surface area contributed by atoms with Crippen LogP contribution < -0.4 is 5.32 Å². The van der Waals surface area contributed by atoms with Crippen molar-refractivity contribution in [3.05, 3.63) is 53.1 Å². The van der Waals surface area contributed by atoms with Crippen LogP contribution in [0, 0.1) is 13.8 Å². The molecule has 0 radical (unpaired) electrons. The summed E-state index contributed by atoms with van der Waals surface area (Å²) < 4.78 is 21.7. The van der Waals surface area contributed by atoms with Crippen LogP contribution in [0.4, 0.5) is 11.4 Å². The first kappa shape index (κ1) is 27.2. The lowest BCUT2D eigenvalue weighted by Crippen LogP contribution is -2.45. The molecule has 1 unspecified atom stereocenters. The fourth-order valence-corrected chi connectivity index (χ4v) is 5.28. The Labute approximate surface area is 208 Å². The van der Waals surface area contributed by atoms with Gasteiger partial charge in [0.1, 0.15) is 0 Å². The molecule has 0 spiro atoms. The van der Waals surface area contributed by atoms with Crippen molar-refractivity contribution in [1.82, 2.24) is 5.32 Å². The second kappa shape index (κ2) is 12.4. The molecule has 8 nitrogen and oxygen atoms in total. The van der Waals surface area contributed by atoms with Crippen LogP contribution in [0.15, 0.2) is 51.5 Å². The molecule has 1 amide bonds. The first-order valence-electron chi connectivity index (χ1n) is 9.71. The minimum atomic E-state index is -3.87. The molecule has 2 aromatic carbocycles. The number of nitrogens with one attached hydrogen (secondary N) is 1. The Bertz CT molecular complexity index is 996. The maximum absolute atomic E-state index is 12.6. The van der Waals surface area contributed by atoms with Crippen LogP contribution in [0.25, 0.3) is 0 Å². The molecule has 2 rings (SSSR count). The first-order valence-corrected chi connectivity index (χ1v) is 15.4.